The molecule has 0 saturated carbocycles. The first-order valence-electron chi connectivity index (χ1n) is 8.76. The number of rotatable bonds is 5. The number of imidazole rings is 1. The number of benzene rings is 2. The lowest BCUT2D eigenvalue weighted by Gasteiger charge is -2.13. The summed E-state index contributed by atoms with van der Waals surface area (Å²) in [5.41, 5.74) is 2.58. The van der Waals surface area contributed by atoms with Gasteiger partial charge in [-0.15, -0.1) is 0 Å². The van der Waals surface area contributed by atoms with Gasteiger partial charge in [0.1, 0.15) is 5.69 Å². The number of imide groups is 1. The summed E-state index contributed by atoms with van der Waals surface area (Å²) in [5, 5.41) is 2.61. The highest BCUT2D eigenvalue weighted by atomic mass is 32.2. The van der Waals surface area contributed by atoms with E-state index in [4.69, 9.17) is 12.2 Å². The molecule has 1 aromatic heterocycles. The van der Waals surface area contributed by atoms with Crippen LogP contribution in [0.5, 0.6) is 0 Å². The van der Waals surface area contributed by atoms with Crippen LogP contribution in [0.1, 0.15) is 16.1 Å². The second-order valence-corrected chi connectivity index (χ2v) is 7.65. The fourth-order valence-electron chi connectivity index (χ4n) is 2.97. The number of amides is 3. The van der Waals surface area contributed by atoms with E-state index >= 15 is 0 Å². The molecule has 1 aliphatic rings. The first-order valence-corrected chi connectivity index (χ1v) is 10.2. The van der Waals surface area contributed by atoms with Crippen molar-refractivity contribution in [3.63, 3.8) is 0 Å². The second-order valence-electron chi connectivity index (χ2n) is 6.34. The van der Waals surface area contributed by atoms with Crippen molar-refractivity contribution in [2.24, 2.45) is 0 Å². The van der Waals surface area contributed by atoms with Gasteiger partial charge in [-0.3, -0.25) is 23.9 Å². The molecular formula is C20H16N4O3S2. The molecule has 2 N–H and O–H groups in total. The van der Waals surface area contributed by atoms with Crippen molar-refractivity contribution in [2.45, 2.75) is 6.54 Å². The van der Waals surface area contributed by atoms with E-state index in [2.05, 4.69) is 10.3 Å². The fourth-order valence-corrected chi connectivity index (χ4v) is 3.96. The van der Waals surface area contributed by atoms with E-state index < -0.39 is 0 Å². The highest BCUT2D eigenvalue weighted by Gasteiger charge is 2.29. The molecule has 1 fully saturated rings. The van der Waals surface area contributed by atoms with Crippen LogP contribution in [0, 0.1) is 4.77 Å². The Morgan fingerprint density at radius 2 is 1.83 bits per heavy atom. The van der Waals surface area contributed by atoms with Crippen LogP contribution >= 0.6 is 24.0 Å². The maximum Gasteiger partial charge on any atom is 0.289 e. The van der Waals surface area contributed by atoms with Crippen molar-refractivity contribution in [3.05, 3.63) is 76.8 Å². The van der Waals surface area contributed by atoms with Gasteiger partial charge in [-0.25, -0.2) is 0 Å². The minimum atomic E-state index is -0.310. The molecule has 29 heavy (non-hydrogen) atoms. The van der Waals surface area contributed by atoms with Crippen LogP contribution in [-0.2, 0) is 11.3 Å². The van der Waals surface area contributed by atoms with Gasteiger partial charge in [-0.05, 0) is 42.0 Å². The molecule has 1 aliphatic heterocycles. The molecule has 0 atom stereocenters. The van der Waals surface area contributed by atoms with Crippen LogP contribution in [0.4, 0.5) is 10.5 Å². The van der Waals surface area contributed by atoms with Gasteiger partial charge in [-0.2, -0.15) is 0 Å². The highest BCUT2D eigenvalue weighted by Crippen LogP contribution is 2.22. The van der Waals surface area contributed by atoms with Crippen molar-refractivity contribution in [1.29, 1.82) is 0 Å². The van der Waals surface area contributed by atoms with Crippen LogP contribution in [0.2, 0.25) is 0 Å². The molecule has 0 radical (unpaired) electrons. The van der Waals surface area contributed by atoms with E-state index in [0.29, 0.717) is 16.2 Å². The maximum absolute atomic E-state index is 12.8. The van der Waals surface area contributed by atoms with Gasteiger partial charge < -0.3 is 10.3 Å². The SMILES string of the molecule is O=C(Nc1ccc(CN2C(=O)CSC2=O)cc1)c1c[nH]c(=S)n1-c1ccccc1. The normalized spacial score (nSPS) is 13.7. The van der Waals surface area contributed by atoms with Crippen molar-refractivity contribution in [3.8, 4) is 5.69 Å². The lowest BCUT2D eigenvalue weighted by molar-refractivity contribution is -0.125. The minimum Gasteiger partial charge on any atom is -0.336 e. The number of hydrogen-bond donors (Lipinski definition) is 2. The molecule has 3 aromatic rings. The number of carbonyl (C=O) groups excluding carboxylic acids is 3. The summed E-state index contributed by atoms with van der Waals surface area (Å²) in [5.74, 6) is -0.305. The number of anilines is 1. The smallest absolute Gasteiger partial charge is 0.289 e. The molecule has 3 amide bonds. The van der Waals surface area contributed by atoms with Crippen molar-refractivity contribution >= 4 is 46.7 Å². The zero-order valence-corrected chi connectivity index (χ0v) is 16.8. The lowest BCUT2D eigenvalue weighted by atomic mass is 10.2. The lowest BCUT2D eigenvalue weighted by Crippen LogP contribution is -2.27. The van der Waals surface area contributed by atoms with Gasteiger partial charge in [0.05, 0.1) is 12.3 Å². The monoisotopic (exact) mass is 424 g/mol. The Hall–Kier alpha value is -3.17. The molecule has 1 saturated heterocycles. The maximum atomic E-state index is 12.8. The zero-order chi connectivity index (χ0) is 20.4. The van der Waals surface area contributed by atoms with Gasteiger partial charge in [0.15, 0.2) is 4.77 Å². The largest absolute Gasteiger partial charge is 0.336 e. The van der Waals surface area contributed by atoms with Crippen LogP contribution in [0.25, 0.3) is 5.69 Å². The number of thioether (sulfide) groups is 1. The third-order valence-electron chi connectivity index (χ3n) is 4.42. The van der Waals surface area contributed by atoms with Crippen molar-refractivity contribution < 1.29 is 14.4 Å². The molecule has 146 valence electrons. The summed E-state index contributed by atoms with van der Waals surface area (Å²) in [6.07, 6.45) is 1.57. The molecule has 2 heterocycles. The number of aromatic nitrogens is 2. The average Bonchev–Trinajstić information content (AvgIpc) is 3.27. The number of aromatic amines is 1. The van der Waals surface area contributed by atoms with Crippen molar-refractivity contribution in [1.82, 2.24) is 14.5 Å². The molecule has 9 heteroatoms. The first-order chi connectivity index (χ1) is 14.0. The molecule has 0 aliphatic carbocycles. The number of nitrogens with one attached hydrogen (secondary N) is 2. The van der Waals surface area contributed by atoms with E-state index in [1.54, 1.807) is 35.0 Å². The molecular weight excluding hydrogens is 408 g/mol. The highest BCUT2D eigenvalue weighted by molar-refractivity contribution is 8.14. The number of nitrogens with zero attached hydrogens (tertiary/aromatic N) is 2. The van der Waals surface area contributed by atoms with Gasteiger partial charge in [-0.1, -0.05) is 42.1 Å². The van der Waals surface area contributed by atoms with E-state index in [9.17, 15) is 14.4 Å². The Bertz CT molecular complexity index is 1120. The van der Waals surface area contributed by atoms with Crippen LogP contribution in [0.3, 0.4) is 0 Å². The van der Waals surface area contributed by atoms with Gasteiger partial charge in [0, 0.05) is 17.6 Å². The third-order valence-corrected chi connectivity index (χ3v) is 5.58. The first kappa shape index (κ1) is 19.2. The van der Waals surface area contributed by atoms with E-state index in [-0.39, 0.29) is 29.4 Å². The van der Waals surface area contributed by atoms with E-state index in [0.717, 1.165) is 23.0 Å². The number of carbonyl (C=O) groups is 3. The topological polar surface area (TPSA) is 87.2 Å². The number of para-hydroxylation sites is 1. The Labute approximate surface area is 175 Å². The van der Waals surface area contributed by atoms with Crippen LogP contribution in [0.15, 0.2) is 60.8 Å². The Morgan fingerprint density at radius 1 is 1.10 bits per heavy atom. The fraction of sp³-hybridized carbons (Fsp3) is 0.100. The summed E-state index contributed by atoms with van der Waals surface area (Å²) >= 11 is 6.32. The molecule has 0 bridgehead atoms. The molecule has 7 nitrogen and oxygen atoms in total. The Kier molecular flexibility index (Phi) is 5.32. The van der Waals surface area contributed by atoms with E-state index in [1.165, 1.54) is 4.90 Å². The third kappa shape index (κ3) is 4.01. The van der Waals surface area contributed by atoms with Crippen LogP contribution < -0.4 is 5.32 Å². The number of H-pyrrole nitrogens is 1. The summed E-state index contributed by atoms with van der Waals surface area (Å²) in [4.78, 5) is 40.3. The number of hydrogen-bond acceptors (Lipinski definition) is 5. The molecule has 4 rings (SSSR count). The van der Waals surface area contributed by atoms with Crippen LogP contribution in [-0.4, -0.2) is 37.3 Å². The average molecular weight is 425 g/mol. The molecule has 0 unspecified atom stereocenters. The summed E-state index contributed by atoms with van der Waals surface area (Å²) in [7, 11) is 0. The van der Waals surface area contributed by atoms with Gasteiger partial charge in [0.2, 0.25) is 5.91 Å². The van der Waals surface area contributed by atoms with Gasteiger partial charge in [0.25, 0.3) is 11.1 Å². The van der Waals surface area contributed by atoms with Gasteiger partial charge >= 0.3 is 0 Å². The Morgan fingerprint density at radius 3 is 2.48 bits per heavy atom. The predicted molar refractivity (Wildman–Crippen MR) is 114 cm³/mol. The predicted octanol–water partition coefficient (Wildman–Crippen LogP) is 3.98. The van der Waals surface area contributed by atoms with Crippen molar-refractivity contribution in [2.75, 3.05) is 11.1 Å². The summed E-state index contributed by atoms with van der Waals surface area (Å²) in [6.45, 7) is 0.226. The molecule has 2 aromatic carbocycles. The Balaban J connectivity index is 1.49. The summed E-state index contributed by atoms with van der Waals surface area (Å²) in [6, 6.07) is 16.4. The standard InChI is InChI=1S/C20H16N4O3S2/c25-17-12-29-20(27)23(17)11-13-6-8-14(9-7-13)22-18(26)16-10-21-19(28)24(16)15-4-2-1-3-5-15/h1-10H,11-12H2,(H,21,28)(H,22,26). The van der Waals surface area contributed by atoms with E-state index in [1.807, 2.05) is 30.3 Å². The minimum absolute atomic E-state index is 0.185. The quantitative estimate of drug-likeness (QED) is 0.605. The second kappa shape index (κ2) is 8.06. The zero-order valence-electron chi connectivity index (χ0n) is 15.1. The summed E-state index contributed by atoms with van der Waals surface area (Å²) < 4.78 is 2.09. The molecule has 0 spiro atoms.